The predicted molar refractivity (Wildman–Crippen MR) is 182 cm³/mol. The number of fused-ring (bicyclic) bond motifs is 2. The van der Waals surface area contributed by atoms with Gasteiger partial charge in [0.2, 0.25) is 11.4 Å². The molecule has 13 nitrogen and oxygen atoms in total. The van der Waals surface area contributed by atoms with E-state index < -0.39 is 11.4 Å². The van der Waals surface area contributed by atoms with Crippen LogP contribution in [0, 0.1) is 0 Å². The number of nitrogens with zero attached hydrogens (tertiary/aromatic N) is 7. The smallest absolute Gasteiger partial charge is 0.270 e. The summed E-state index contributed by atoms with van der Waals surface area (Å²) in [5, 5.41) is 5.86. The Bertz CT molecular complexity index is 1990. The van der Waals surface area contributed by atoms with E-state index in [2.05, 4.69) is 19.9 Å². The van der Waals surface area contributed by atoms with Crippen LogP contribution in [0.1, 0.15) is 42.2 Å². The first-order chi connectivity index (χ1) is 22.2. The molecular weight excluding hydrogens is 627 g/mol. The average molecular weight is 662 g/mol. The number of nitrogens with two attached hydrogens (primary N) is 1. The van der Waals surface area contributed by atoms with E-state index in [0.717, 1.165) is 31.1 Å². The molecule has 0 spiro atoms. The van der Waals surface area contributed by atoms with Crippen molar-refractivity contribution in [3.63, 3.8) is 0 Å². The van der Waals surface area contributed by atoms with E-state index in [-0.39, 0.29) is 23.2 Å². The van der Waals surface area contributed by atoms with Crippen molar-refractivity contribution in [2.75, 3.05) is 62.5 Å². The molecule has 7 rings (SSSR count). The van der Waals surface area contributed by atoms with Crippen LogP contribution in [0.4, 0.5) is 23.3 Å². The predicted octanol–water partition coefficient (Wildman–Crippen LogP) is 4.22. The molecule has 1 atom stereocenters. The molecule has 0 radical (unpaired) electrons. The lowest BCUT2D eigenvalue weighted by molar-refractivity contribution is 0.0815. The van der Waals surface area contributed by atoms with E-state index in [4.69, 9.17) is 15.1 Å². The SMILES string of the molecule is CN(C)C(=O)c1cc2cnc(Nc3ccc(-c4csc5c(=O)cc(N6CCN([S@+](C)[O-])CC6)oc45)nc3N)nc2n1C1CCCC1. The molecule has 3 N–H and O–H groups in total. The van der Waals surface area contributed by atoms with E-state index in [0.29, 0.717) is 76.6 Å². The second-order valence-electron chi connectivity index (χ2n) is 11.9. The van der Waals surface area contributed by atoms with Crippen molar-refractivity contribution < 1.29 is 13.8 Å². The summed E-state index contributed by atoms with van der Waals surface area (Å²) in [5.41, 5.74) is 9.88. The Morgan fingerprint density at radius 3 is 2.61 bits per heavy atom. The third-order valence-corrected chi connectivity index (χ3v) is 10.8. The van der Waals surface area contributed by atoms with Crippen LogP contribution in [0.5, 0.6) is 0 Å². The standard InChI is InChI=1S/C31H35N9O4S2/c1-37(2)30(42)23-14-18-16-33-31(36-29(18)40(23)19-6-4-5-7-19)35-22-9-8-21(34-28(22)32)20-17-45-27-24(41)15-25(44-26(20)27)38-10-12-39(13-11-38)46(3)43/h8-9,14-17,19H,4-7,10-13H2,1-3H3,(H2,32,34)(H,33,35,36)/t46-/m0/s1. The molecule has 5 aromatic rings. The minimum absolute atomic E-state index is 0.0656. The molecule has 5 aromatic heterocycles. The van der Waals surface area contributed by atoms with Gasteiger partial charge in [-0.05, 0) is 31.0 Å². The topological polar surface area (TPSA) is 162 Å². The van der Waals surface area contributed by atoms with Crippen LogP contribution in [-0.4, -0.2) is 85.7 Å². The molecular formula is C31H35N9O4S2. The summed E-state index contributed by atoms with van der Waals surface area (Å²) in [5.74, 6) is 0.996. The summed E-state index contributed by atoms with van der Waals surface area (Å²) in [4.78, 5) is 43.6. The zero-order valence-corrected chi connectivity index (χ0v) is 27.5. The number of pyridine rings is 1. The number of piperazine rings is 1. The van der Waals surface area contributed by atoms with E-state index in [1.807, 2.05) is 26.7 Å². The lowest BCUT2D eigenvalue weighted by Gasteiger charge is -2.33. The van der Waals surface area contributed by atoms with Crippen molar-refractivity contribution in [2.45, 2.75) is 31.7 Å². The first-order valence-electron chi connectivity index (χ1n) is 15.2. The van der Waals surface area contributed by atoms with Gasteiger partial charge < -0.3 is 34.4 Å². The minimum Gasteiger partial charge on any atom is -0.598 e. The van der Waals surface area contributed by atoms with Gasteiger partial charge in [0.1, 0.15) is 28.1 Å². The van der Waals surface area contributed by atoms with Crippen molar-refractivity contribution in [3.8, 4) is 11.3 Å². The monoisotopic (exact) mass is 661 g/mol. The first-order valence-corrected chi connectivity index (χ1v) is 17.6. The van der Waals surface area contributed by atoms with Gasteiger partial charge in [-0.15, -0.1) is 15.6 Å². The molecule has 6 heterocycles. The number of nitrogens with one attached hydrogen (secondary N) is 1. The third kappa shape index (κ3) is 5.57. The van der Waals surface area contributed by atoms with Gasteiger partial charge in [-0.25, -0.2) is 9.97 Å². The molecule has 240 valence electrons. The number of hydrogen-bond donors (Lipinski definition) is 2. The zero-order valence-electron chi connectivity index (χ0n) is 25.9. The summed E-state index contributed by atoms with van der Waals surface area (Å²) in [6.07, 6.45) is 7.63. The van der Waals surface area contributed by atoms with E-state index in [1.165, 1.54) is 17.4 Å². The highest BCUT2D eigenvalue weighted by atomic mass is 32.2. The molecule has 1 saturated heterocycles. The lowest BCUT2D eigenvalue weighted by atomic mass is 10.2. The highest BCUT2D eigenvalue weighted by Crippen LogP contribution is 2.37. The first kappa shape index (κ1) is 30.5. The summed E-state index contributed by atoms with van der Waals surface area (Å²) in [6.45, 7) is 2.44. The zero-order chi connectivity index (χ0) is 32.1. The number of carbonyl (C=O) groups excluding carboxylic acids is 1. The second-order valence-corrected chi connectivity index (χ2v) is 14.1. The van der Waals surface area contributed by atoms with Crippen molar-refractivity contribution in [1.82, 2.24) is 28.7 Å². The van der Waals surface area contributed by atoms with Gasteiger partial charge in [0.15, 0.2) is 11.5 Å². The fourth-order valence-corrected chi connectivity index (χ4v) is 7.85. The van der Waals surface area contributed by atoms with Crippen LogP contribution in [0.15, 0.2) is 45.1 Å². The van der Waals surface area contributed by atoms with Gasteiger partial charge in [-0.3, -0.25) is 9.59 Å². The Morgan fingerprint density at radius 2 is 1.91 bits per heavy atom. The molecule has 46 heavy (non-hydrogen) atoms. The molecule has 15 heteroatoms. The van der Waals surface area contributed by atoms with Crippen LogP contribution in [0.3, 0.4) is 0 Å². The number of thiophene rings is 1. The lowest BCUT2D eigenvalue weighted by Crippen LogP contribution is -2.48. The highest BCUT2D eigenvalue weighted by Gasteiger charge is 2.28. The highest BCUT2D eigenvalue weighted by molar-refractivity contribution is 7.88. The Hall–Kier alpha value is -4.18. The van der Waals surface area contributed by atoms with Crippen LogP contribution in [-0.2, 0) is 11.4 Å². The maximum Gasteiger partial charge on any atom is 0.270 e. The number of nitrogen functional groups attached to an aromatic ring is 1. The largest absolute Gasteiger partial charge is 0.598 e. The Morgan fingerprint density at radius 1 is 1.15 bits per heavy atom. The van der Waals surface area contributed by atoms with Crippen molar-refractivity contribution in [2.24, 2.45) is 0 Å². The molecule has 1 aliphatic heterocycles. The van der Waals surface area contributed by atoms with Gasteiger partial charge in [-0.1, -0.05) is 12.8 Å². The molecule has 1 aliphatic carbocycles. The number of hydrogen-bond acceptors (Lipinski definition) is 12. The summed E-state index contributed by atoms with van der Waals surface area (Å²) >= 11 is 0.275. The summed E-state index contributed by atoms with van der Waals surface area (Å²) < 4.78 is 22.6. The van der Waals surface area contributed by atoms with Crippen molar-refractivity contribution in [1.29, 1.82) is 0 Å². The molecule has 0 unspecified atom stereocenters. The maximum absolute atomic E-state index is 13.1. The van der Waals surface area contributed by atoms with E-state index >= 15 is 0 Å². The second kappa shape index (κ2) is 12.2. The fraction of sp³-hybridized carbons (Fsp3) is 0.387. The number of amides is 1. The van der Waals surface area contributed by atoms with Gasteiger partial charge >= 0.3 is 0 Å². The van der Waals surface area contributed by atoms with E-state index in [1.54, 1.807) is 37.5 Å². The van der Waals surface area contributed by atoms with Gasteiger partial charge in [0.05, 0.1) is 30.0 Å². The molecule has 0 bridgehead atoms. The molecule has 2 aliphatic rings. The number of anilines is 4. The fourth-order valence-electron chi connectivity index (χ4n) is 6.27. The third-order valence-electron chi connectivity index (χ3n) is 8.68. The van der Waals surface area contributed by atoms with Gasteiger partial charge in [-0.2, -0.15) is 4.98 Å². The van der Waals surface area contributed by atoms with Crippen LogP contribution in [0.2, 0.25) is 0 Å². The Kier molecular flexibility index (Phi) is 8.09. The van der Waals surface area contributed by atoms with Crippen molar-refractivity contribution >= 4 is 73.3 Å². The molecule has 0 aromatic carbocycles. The Labute approximate surface area is 272 Å². The van der Waals surface area contributed by atoms with Crippen LogP contribution >= 0.6 is 11.3 Å². The minimum atomic E-state index is -1.03. The van der Waals surface area contributed by atoms with Crippen LogP contribution < -0.4 is 21.4 Å². The molecule has 2 fully saturated rings. The van der Waals surface area contributed by atoms with Gasteiger partial charge in [0, 0.05) is 67.6 Å². The van der Waals surface area contributed by atoms with Crippen molar-refractivity contribution in [3.05, 3.63) is 51.8 Å². The Balaban J connectivity index is 1.17. The average Bonchev–Trinajstić information content (AvgIpc) is 3.80. The normalized spacial score (nSPS) is 16.8. The quantitative estimate of drug-likeness (QED) is 0.240. The number of rotatable bonds is 7. The maximum atomic E-state index is 13.1. The molecule has 1 saturated carbocycles. The van der Waals surface area contributed by atoms with Gasteiger partial charge in [0.25, 0.3) is 5.91 Å². The van der Waals surface area contributed by atoms with E-state index in [9.17, 15) is 14.1 Å². The summed E-state index contributed by atoms with van der Waals surface area (Å²) in [7, 11) is 3.50. The molecule has 1 amide bonds. The van der Waals surface area contributed by atoms with Crippen LogP contribution in [0.25, 0.3) is 32.6 Å². The summed E-state index contributed by atoms with van der Waals surface area (Å²) in [6, 6.07) is 7.22. The number of carbonyl (C=O) groups is 1. The number of aromatic nitrogens is 4.